The van der Waals surface area contributed by atoms with Crippen LogP contribution in [-0.4, -0.2) is 47.1 Å². The first-order valence-corrected chi connectivity index (χ1v) is 9.38. The molecule has 1 aliphatic heterocycles. The van der Waals surface area contributed by atoms with Crippen molar-refractivity contribution in [1.29, 1.82) is 0 Å². The van der Waals surface area contributed by atoms with Crippen LogP contribution in [0, 0.1) is 0 Å². The van der Waals surface area contributed by atoms with Gasteiger partial charge < -0.3 is 19.4 Å². The molecular formula is C17H24N2O5S. The molecule has 0 spiro atoms. The molecule has 0 bridgehead atoms. The fourth-order valence-electron chi connectivity index (χ4n) is 2.78. The van der Waals surface area contributed by atoms with Crippen molar-refractivity contribution in [2.45, 2.75) is 51.1 Å². The molecule has 138 valence electrons. The number of hydrogen-bond acceptors (Lipinski definition) is 6. The Labute approximate surface area is 151 Å². The average Bonchev–Trinajstić information content (AvgIpc) is 3.21. The minimum atomic E-state index is -0.724. The SMILES string of the molecule is CCC[C@H](C)NC(=O)COC(=O)[C@H]1CS[C@H](c2ccco2)N1C(C)=O. The van der Waals surface area contributed by atoms with Gasteiger partial charge in [-0.3, -0.25) is 9.59 Å². The van der Waals surface area contributed by atoms with Gasteiger partial charge in [0, 0.05) is 18.7 Å². The van der Waals surface area contributed by atoms with E-state index in [1.54, 1.807) is 12.1 Å². The summed E-state index contributed by atoms with van der Waals surface area (Å²) in [6, 6.07) is 2.82. The van der Waals surface area contributed by atoms with Crippen LogP contribution in [0.2, 0.25) is 0 Å². The fourth-order valence-corrected chi connectivity index (χ4v) is 4.19. The van der Waals surface area contributed by atoms with Crippen LogP contribution in [0.25, 0.3) is 0 Å². The molecule has 1 saturated heterocycles. The maximum Gasteiger partial charge on any atom is 0.330 e. The van der Waals surface area contributed by atoms with Gasteiger partial charge in [0.15, 0.2) is 6.61 Å². The minimum Gasteiger partial charge on any atom is -0.466 e. The fraction of sp³-hybridized carbons (Fsp3) is 0.588. The van der Waals surface area contributed by atoms with Gasteiger partial charge in [0.1, 0.15) is 17.2 Å². The van der Waals surface area contributed by atoms with Gasteiger partial charge in [-0.1, -0.05) is 13.3 Å². The molecule has 1 fully saturated rings. The van der Waals surface area contributed by atoms with Crippen LogP contribution in [0.1, 0.15) is 44.7 Å². The Hall–Kier alpha value is -1.96. The maximum atomic E-state index is 12.4. The summed E-state index contributed by atoms with van der Waals surface area (Å²) in [5.41, 5.74) is 0. The molecule has 7 nitrogen and oxygen atoms in total. The first-order chi connectivity index (χ1) is 11.9. The Morgan fingerprint density at radius 3 is 2.84 bits per heavy atom. The zero-order valence-electron chi connectivity index (χ0n) is 14.7. The van der Waals surface area contributed by atoms with Crippen molar-refractivity contribution < 1.29 is 23.5 Å². The van der Waals surface area contributed by atoms with Crippen molar-refractivity contribution in [2.75, 3.05) is 12.4 Å². The van der Waals surface area contributed by atoms with Crippen molar-refractivity contribution in [3.8, 4) is 0 Å². The highest BCUT2D eigenvalue weighted by Crippen LogP contribution is 2.41. The normalized spacial score (nSPS) is 21.0. The lowest BCUT2D eigenvalue weighted by molar-refractivity contribution is -0.156. The van der Waals surface area contributed by atoms with E-state index >= 15 is 0 Å². The van der Waals surface area contributed by atoms with Gasteiger partial charge in [0.05, 0.1) is 6.26 Å². The third-order valence-electron chi connectivity index (χ3n) is 3.90. The lowest BCUT2D eigenvalue weighted by Crippen LogP contribution is -2.44. The summed E-state index contributed by atoms with van der Waals surface area (Å²) in [5.74, 6) is -0.138. The maximum absolute atomic E-state index is 12.4. The smallest absolute Gasteiger partial charge is 0.330 e. The van der Waals surface area contributed by atoms with Crippen molar-refractivity contribution in [3.63, 3.8) is 0 Å². The molecule has 25 heavy (non-hydrogen) atoms. The van der Waals surface area contributed by atoms with Crippen LogP contribution in [0.15, 0.2) is 22.8 Å². The monoisotopic (exact) mass is 368 g/mol. The van der Waals surface area contributed by atoms with Crippen LogP contribution in [0.3, 0.4) is 0 Å². The highest BCUT2D eigenvalue weighted by atomic mass is 32.2. The van der Waals surface area contributed by atoms with E-state index in [1.165, 1.54) is 29.8 Å². The number of furan rings is 1. The first kappa shape index (κ1) is 19.4. The summed E-state index contributed by atoms with van der Waals surface area (Å²) in [6.07, 6.45) is 3.35. The summed E-state index contributed by atoms with van der Waals surface area (Å²) in [4.78, 5) is 37.6. The number of hydrogen-bond donors (Lipinski definition) is 1. The second kappa shape index (κ2) is 8.94. The number of carbonyl (C=O) groups excluding carboxylic acids is 3. The summed E-state index contributed by atoms with van der Waals surface area (Å²) in [6.45, 7) is 5.00. The van der Waals surface area contributed by atoms with Crippen molar-refractivity contribution in [1.82, 2.24) is 10.2 Å². The van der Waals surface area contributed by atoms with E-state index in [0.29, 0.717) is 11.5 Å². The number of esters is 1. The summed E-state index contributed by atoms with van der Waals surface area (Å²) in [5, 5.41) is 2.42. The molecule has 8 heteroatoms. The van der Waals surface area contributed by atoms with Gasteiger partial charge in [0.2, 0.25) is 5.91 Å². The molecule has 2 heterocycles. The lowest BCUT2D eigenvalue weighted by atomic mass is 10.2. The van der Waals surface area contributed by atoms with E-state index in [9.17, 15) is 14.4 Å². The second-order valence-corrected chi connectivity index (χ2v) is 7.12. The van der Waals surface area contributed by atoms with Gasteiger partial charge in [-0.15, -0.1) is 11.8 Å². The topological polar surface area (TPSA) is 88.8 Å². The number of thioether (sulfide) groups is 1. The van der Waals surface area contributed by atoms with Crippen LogP contribution in [-0.2, 0) is 19.1 Å². The number of amides is 2. The predicted octanol–water partition coefficient (Wildman–Crippen LogP) is 2.09. The number of carbonyl (C=O) groups is 3. The van der Waals surface area contributed by atoms with Gasteiger partial charge in [-0.05, 0) is 25.5 Å². The van der Waals surface area contributed by atoms with E-state index in [0.717, 1.165) is 12.8 Å². The molecule has 2 amide bonds. The van der Waals surface area contributed by atoms with E-state index in [-0.39, 0.29) is 29.8 Å². The third-order valence-corrected chi connectivity index (χ3v) is 5.18. The molecule has 1 aliphatic rings. The van der Waals surface area contributed by atoms with Crippen LogP contribution < -0.4 is 5.32 Å². The molecule has 0 aromatic carbocycles. The van der Waals surface area contributed by atoms with E-state index in [4.69, 9.17) is 9.15 Å². The Morgan fingerprint density at radius 1 is 1.48 bits per heavy atom. The van der Waals surface area contributed by atoms with Crippen molar-refractivity contribution in [3.05, 3.63) is 24.2 Å². The van der Waals surface area contributed by atoms with E-state index in [1.807, 2.05) is 13.8 Å². The lowest BCUT2D eigenvalue weighted by Gasteiger charge is -2.25. The number of nitrogens with zero attached hydrogens (tertiary/aromatic N) is 1. The Balaban J connectivity index is 1.92. The zero-order valence-corrected chi connectivity index (χ0v) is 15.5. The quantitative estimate of drug-likeness (QED) is 0.742. The largest absolute Gasteiger partial charge is 0.466 e. The van der Waals surface area contributed by atoms with Gasteiger partial charge in [0.25, 0.3) is 5.91 Å². The minimum absolute atomic E-state index is 0.0373. The third kappa shape index (κ3) is 5.01. The molecule has 1 aromatic heterocycles. The number of rotatable bonds is 7. The summed E-state index contributed by atoms with van der Waals surface area (Å²) >= 11 is 1.43. The van der Waals surface area contributed by atoms with Crippen LogP contribution in [0.4, 0.5) is 0 Å². The highest BCUT2D eigenvalue weighted by molar-refractivity contribution is 7.99. The van der Waals surface area contributed by atoms with Gasteiger partial charge in [-0.25, -0.2) is 4.79 Å². The number of nitrogens with one attached hydrogen (secondary N) is 1. The predicted molar refractivity (Wildman–Crippen MR) is 93.7 cm³/mol. The number of ether oxygens (including phenoxy) is 1. The zero-order chi connectivity index (χ0) is 18.4. The Bertz CT molecular complexity index is 604. The standard InChI is InChI=1S/C17H24N2O5S/c1-4-6-11(2)18-15(21)9-24-17(22)13-10-25-16(19(13)12(3)20)14-7-5-8-23-14/h5,7-8,11,13,16H,4,6,9-10H2,1-3H3,(H,18,21)/t11-,13+,16+/m0/s1. The second-order valence-electron chi connectivity index (χ2n) is 6.01. The Morgan fingerprint density at radius 2 is 2.24 bits per heavy atom. The average molecular weight is 368 g/mol. The highest BCUT2D eigenvalue weighted by Gasteiger charge is 2.43. The van der Waals surface area contributed by atoms with Crippen molar-refractivity contribution in [2.24, 2.45) is 0 Å². The molecule has 0 aliphatic carbocycles. The first-order valence-electron chi connectivity index (χ1n) is 8.34. The van der Waals surface area contributed by atoms with Crippen LogP contribution in [0.5, 0.6) is 0 Å². The Kier molecular flexibility index (Phi) is 6.92. The molecular weight excluding hydrogens is 344 g/mol. The molecule has 1 N–H and O–H groups in total. The van der Waals surface area contributed by atoms with Crippen molar-refractivity contribution >= 4 is 29.5 Å². The molecule has 3 atom stereocenters. The van der Waals surface area contributed by atoms with E-state index in [2.05, 4.69) is 5.32 Å². The molecule has 2 rings (SSSR count). The summed E-state index contributed by atoms with van der Waals surface area (Å²) < 4.78 is 10.5. The van der Waals surface area contributed by atoms with Gasteiger partial charge >= 0.3 is 5.97 Å². The summed E-state index contributed by atoms with van der Waals surface area (Å²) in [7, 11) is 0. The molecule has 1 aromatic rings. The molecule has 0 radical (unpaired) electrons. The van der Waals surface area contributed by atoms with Gasteiger partial charge in [-0.2, -0.15) is 0 Å². The van der Waals surface area contributed by atoms with Crippen LogP contribution >= 0.6 is 11.8 Å². The molecule has 0 saturated carbocycles. The van der Waals surface area contributed by atoms with E-state index < -0.39 is 12.0 Å². The molecule has 0 unspecified atom stereocenters.